The van der Waals surface area contributed by atoms with E-state index in [4.69, 9.17) is 0 Å². The zero-order chi connectivity index (χ0) is 13.0. The molecule has 1 aliphatic rings. The van der Waals surface area contributed by atoms with E-state index in [9.17, 15) is 0 Å². The first kappa shape index (κ1) is 13.5. The number of nitrogens with zero attached hydrogens (tertiary/aromatic N) is 2. The van der Waals surface area contributed by atoms with Gasteiger partial charge in [-0.15, -0.1) is 0 Å². The van der Waals surface area contributed by atoms with Crippen LogP contribution in [0.3, 0.4) is 0 Å². The van der Waals surface area contributed by atoms with Gasteiger partial charge < -0.3 is 5.32 Å². The van der Waals surface area contributed by atoms with Crippen LogP contribution in [0.4, 0.5) is 0 Å². The zero-order valence-corrected chi connectivity index (χ0v) is 11.8. The highest BCUT2D eigenvalue weighted by molar-refractivity contribution is 5.13. The van der Waals surface area contributed by atoms with Crippen molar-refractivity contribution in [2.45, 2.75) is 39.8 Å². The van der Waals surface area contributed by atoms with Crippen LogP contribution < -0.4 is 5.32 Å². The SMILES string of the molecule is CCC(C)C1CN(Cc2ccc(C)nc2)CCN1. The highest BCUT2D eigenvalue weighted by Crippen LogP contribution is 2.14. The quantitative estimate of drug-likeness (QED) is 0.884. The fourth-order valence-electron chi connectivity index (χ4n) is 2.50. The maximum atomic E-state index is 4.37. The van der Waals surface area contributed by atoms with Crippen molar-refractivity contribution in [1.82, 2.24) is 15.2 Å². The summed E-state index contributed by atoms with van der Waals surface area (Å²) in [7, 11) is 0. The molecule has 2 unspecified atom stereocenters. The Balaban J connectivity index is 1.91. The van der Waals surface area contributed by atoms with E-state index in [0.717, 1.165) is 37.8 Å². The molecular formula is C15H25N3. The number of rotatable bonds is 4. The Morgan fingerprint density at radius 3 is 3.00 bits per heavy atom. The molecule has 1 fully saturated rings. The predicted molar refractivity (Wildman–Crippen MR) is 75.5 cm³/mol. The van der Waals surface area contributed by atoms with Gasteiger partial charge >= 0.3 is 0 Å². The fourth-order valence-corrected chi connectivity index (χ4v) is 2.50. The monoisotopic (exact) mass is 247 g/mol. The molecule has 2 atom stereocenters. The van der Waals surface area contributed by atoms with Gasteiger partial charge in [0, 0.05) is 44.1 Å². The molecule has 18 heavy (non-hydrogen) atoms. The fraction of sp³-hybridized carbons (Fsp3) is 0.667. The van der Waals surface area contributed by atoms with Crippen LogP contribution >= 0.6 is 0 Å². The lowest BCUT2D eigenvalue weighted by Crippen LogP contribution is -2.52. The number of piperazine rings is 1. The number of nitrogens with one attached hydrogen (secondary N) is 1. The molecule has 2 rings (SSSR count). The largest absolute Gasteiger partial charge is 0.311 e. The van der Waals surface area contributed by atoms with E-state index in [1.54, 1.807) is 0 Å². The Kier molecular flexibility index (Phi) is 4.72. The highest BCUT2D eigenvalue weighted by Gasteiger charge is 2.22. The van der Waals surface area contributed by atoms with Crippen molar-refractivity contribution in [1.29, 1.82) is 0 Å². The summed E-state index contributed by atoms with van der Waals surface area (Å²) in [5, 5.41) is 3.64. The zero-order valence-electron chi connectivity index (χ0n) is 11.8. The summed E-state index contributed by atoms with van der Waals surface area (Å²) in [5.41, 5.74) is 2.42. The standard InChI is InChI=1S/C15H25N3/c1-4-12(2)15-11-18(8-7-16-15)10-14-6-5-13(3)17-9-14/h5-6,9,12,15-16H,4,7-8,10-11H2,1-3H3. The first-order valence-electron chi connectivity index (χ1n) is 7.06. The Morgan fingerprint density at radius 1 is 1.50 bits per heavy atom. The van der Waals surface area contributed by atoms with Crippen molar-refractivity contribution >= 4 is 0 Å². The molecule has 1 aromatic rings. The van der Waals surface area contributed by atoms with Crippen molar-refractivity contribution in [3.8, 4) is 0 Å². The predicted octanol–water partition coefficient (Wildman–Crippen LogP) is 2.21. The summed E-state index contributed by atoms with van der Waals surface area (Å²) in [6, 6.07) is 4.94. The van der Waals surface area contributed by atoms with Crippen molar-refractivity contribution in [2.24, 2.45) is 5.92 Å². The third kappa shape index (κ3) is 3.53. The van der Waals surface area contributed by atoms with Gasteiger partial charge in [-0.2, -0.15) is 0 Å². The molecule has 3 nitrogen and oxygen atoms in total. The minimum absolute atomic E-state index is 0.641. The smallest absolute Gasteiger partial charge is 0.0372 e. The molecule has 1 aliphatic heterocycles. The van der Waals surface area contributed by atoms with E-state index in [2.05, 4.69) is 41.2 Å². The van der Waals surface area contributed by atoms with E-state index in [1.807, 2.05) is 13.1 Å². The number of aryl methyl sites for hydroxylation is 1. The molecule has 3 heteroatoms. The first-order valence-corrected chi connectivity index (χ1v) is 7.06. The van der Waals surface area contributed by atoms with Crippen molar-refractivity contribution in [3.05, 3.63) is 29.6 Å². The summed E-state index contributed by atoms with van der Waals surface area (Å²) < 4.78 is 0. The molecule has 0 bridgehead atoms. The Hall–Kier alpha value is -0.930. The molecule has 0 saturated carbocycles. The number of aromatic nitrogens is 1. The maximum Gasteiger partial charge on any atom is 0.0372 e. The normalized spacial score (nSPS) is 22.9. The van der Waals surface area contributed by atoms with Crippen molar-refractivity contribution < 1.29 is 0 Å². The molecule has 0 spiro atoms. The van der Waals surface area contributed by atoms with Gasteiger partial charge in [0.1, 0.15) is 0 Å². The summed E-state index contributed by atoms with van der Waals surface area (Å²) in [4.78, 5) is 6.91. The Labute approximate surface area is 111 Å². The molecule has 0 aromatic carbocycles. The van der Waals surface area contributed by atoms with E-state index in [0.29, 0.717) is 6.04 Å². The van der Waals surface area contributed by atoms with Gasteiger partial charge in [0.25, 0.3) is 0 Å². The minimum Gasteiger partial charge on any atom is -0.311 e. The Bertz CT molecular complexity index is 361. The topological polar surface area (TPSA) is 28.2 Å². The number of hydrogen-bond donors (Lipinski definition) is 1. The second-order valence-electron chi connectivity index (χ2n) is 5.49. The van der Waals surface area contributed by atoms with Crippen LogP contribution in [0.15, 0.2) is 18.3 Å². The van der Waals surface area contributed by atoms with E-state index in [-0.39, 0.29) is 0 Å². The van der Waals surface area contributed by atoms with E-state index in [1.165, 1.54) is 12.0 Å². The Morgan fingerprint density at radius 2 is 2.33 bits per heavy atom. The molecule has 1 aromatic heterocycles. The summed E-state index contributed by atoms with van der Waals surface area (Å²) in [6.45, 7) is 11.1. The molecular weight excluding hydrogens is 222 g/mol. The van der Waals surface area contributed by atoms with Crippen LogP contribution in [0, 0.1) is 12.8 Å². The summed E-state index contributed by atoms with van der Waals surface area (Å²) >= 11 is 0. The van der Waals surface area contributed by atoms with Crippen LogP contribution in [0.2, 0.25) is 0 Å². The maximum absolute atomic E-state index is 4.37. The number of hydrogen-bond acceptors (Lipinski definition) is 3. The molecule has 0 radical (unpaired) electrons. The van der Waals surface area contributed by atoms with Gasteiger partial charge in [0.15, 0.2) is 0 Å². The molecule has 0 aliphatic carbocycles. The second kappa shape index (κ2) is 6.30. The van der Waals surface area contributed by atoms with Gasteiger partial charge in [-0.25, -0.2) is 0 Å². The van der Waals surface area contributed by atoms with E-state index < -0.39 is 0 Å². The molecule has 2 heterocycles. The van der Waals surface area contributed by atoms with Gasteiger partial charge in [-0.05, 0) is 24.5 Å². The second-order valence-corrected chi connectivity index (χ2v) is 5.49. The third-order valence-electron chi connectivity index (χ3n) is 4.00. The lowest BCUT2D eigenvalue weighted by atomic mass is 9.97. The molecule has 100 valence electrons. The van der Waals surface area contributed by atoms with Crippen LogP contribution in [0.5, 0.6) is 0 Å². The van der Waals surface area contributed by atoms with Gasteiger partial charge in [0.05, 0.1) is 0 Å². The third-order valence-corrected chi connectivity index (χ3v) is 4.00. The average Bonchev–Trinajstić information content (AvgIpc) is 2.41. The van der Waals surface area contributed by atoms with E-state index >= 15 is 0 Å². The molecule has 0 amide bonds. The van der Waals surface area contributed by atoms with Crippen molar-refractivity contribution in [3.63, 3.8) is 0 Å². The lowest BCUT2D eigenvalue weighted by Gasteiger charge is -2.36. The van der Waals surface area contributed by atoms with Gasteiger partial charge in [-0.3, -0.25) is 9.88 Å². The van der Waals surface area contributed by atoms with Crippen LogP contribution in [0.1, 0.15) is 31.5 Å². The summed E-state index contributed by atoms with van der Waals surface area (Å²) in [5.74, 6) is 0.754. The van der Waals surface area contributed by atoms with Crippen LogP contribution in [-0.2, 0) is 6.54 Å². The first-order chi connectivity index (χ1) is 8.69. The van der Waals surface area contributed by atoms with Gasteiger partial charge in [-0.1, -0.05) is 26.3 Å². The van der Waals surface area contributed by atoms with Gasteiger partial charge in [0.2, 0.25) is 0 Å². The summed E-state index contributed by atoms with van der Waals surface area (Å²) in [6.07, 6.45) is 3.26. The van der Waals surface area contributed by atoms with Crippen molar-refractivity contribution in [2.75, 3.05) is 19.6 Å². The minimum atomic E-state index is 0.641. The average molecular weight is 247 g/mol. The number of pyridine rings is 1. The molecule has 1 saturated heterocycles. The molecule has 1 N–H and O–H groups in total. The highest BCUT2D eigenvalue weighted by atomic mass is 15.2. The lowest BCUT2D eigenvalue weighted by molar-refractivity contribution is 0.162. The van der Waals surface area contributed by atoms with Crippen LogP contribution in [0.25, 0.3) is 0 Å². The van der Waals surface area contributed by atoms with Crippen LogP contribution in [-0.4, -0.2) is 35.6 Å².